The number of hydrogen-bond acceptors (Lipinski definition) is 8. The fraction of sp³-hybridized carbons (Fsp3) is 0.435. The van der Waals surface area contributed by atoms with Gasteiger partial charge in [-0.3, -0.25) is 14.7 Å². The molecule has 168 valence electrons. The molecule has 1 saturated heterocycles. The van der Waals surface area contributed by atoms with Crippen LogP contribution in [0.3, 0.4) is 0 Å². The van der Waals surface area contributed by atoms with Crippen molar-refractivity contribution in [3.63, 3.8) is 0 Å². The van der Waals surface area contributed by atoms with Crippen LogP contribution in [0.5, 0.6) is 5.75 Å². The third-order valence-corrected chi connectivity index (χ3v) is 5.62. The second-order valence-electron chi connectivity index (χ2n) is 7.90. The van der Waals surface area contributed by atoms with E-state index >= 15 is 0 Å². The van der Waals surface area contributed by atoms with Gasteiger partial charge in [-0.05, 0) is 43.5 Å². The average Bonchev–Trinajstić information content (AvgIpc) is 3.31. The first kappa shape index (κ1) is 21.9. The van der Waals surface area contributed by atoms with Crippen molar-refractivity contribution in [1.82, 2.24) is 30.3 Å². The summed E-state index contributed by atoms with van der Waals surface area (Å²) in [6.45, 7) is 2.95. The van der Waals surface area contributed by atoms with Crippen LogP contribution in [0, 0.1) is 0 Å². The summed E-state index contributed by atoms with van der Waals surface area (Å²) in [5.74, 6) is 2.00. The van der Waals surface area contributed by atoms with E-state index in [4.69, 9.17) is 9.26 Å². The Morgan fingerprint density at radius 2 is 2.19 bits per heavy atom. The summed E-state index contributed by atoms with van der Waals surface area (Å²) in [6.07, 6.45) is 7.91. The minimum absolute atomic E-state index is 0.0621. The number of methoxy groups -OCH3 is 1. The molecule has 0 radical (unpaired) electrons. The highest BCUT2D eigenvalue weighted by molar-refractivity contribution is 5.76. The number of ether oxygens (including phenoxy) is 1. The number of aromatic nitrogens is 4. The molecule has 3 heterocycles. The third-order valence-electron chi connectivity index (χ3n) is 5.62. The lowest BCUT2D eigenvalue weighted by Gasteiger charge is -2.22. The molecule has 4 rings (SSSR count). The SMILES string of the molecule is COc1cccc(CN2CCCC(c3nc(-c4cnccn4)no3)CCNC(=O)CC2)c1. The molecule has 0 spiro atoms. The minimum atomic E-state index is 0.0621. The Bertz CT molecular complexity index is 1010. The molecule has 9 heteroatoms. The van der Waals surface area contributed by atoms with Crippen LogP contribution in [-0.4, -0.2) is 57.7 Å². The molecule has 1 N–H and O–H groups in total. The van der Waals surface area contributed by atoms with Crippen LogP contribution in [0.15, 0.2) is 47.4 Å². The van der Waals surface area contributed by atoms with Crippen LogP contribution >= 0.6 is 0 Å². The lowest BCUT2D eigenvalue weighted by molar-refractivity contribution is -0.121. The van der Waals surface area contributed by atoms with E-state index in [1.54, 1.807) is 25.7 Å². The van der Waals surface area contributed by atoms with Gasteiger partial charge in [0.05, 0.1) is 13.3 Å². The molecule has 1 aliphatic rings. The number of carbonyl (C=O) groups excluding carboxylic acids is 1. The van der Waals surface area contributed by atoms with E-state index in [2.05, 4.69) is 36.4 Å². The zero-order valence-electron chi connectivity index (χ0n) is 18.2. The van der Waals surface area contributed by atoms with Crippen molar-refractivity contribution in [2.45, 2.75) is 38.1 Å². The average molecular weight is 437 g/mol. The molecule has 1 aromatic carbocycles. The lowest BCUT2D eigenvalue weighted by Crippen LogP contribution is -2.31. The monoisotopic (exact) mass is 436 g/mol. The third kappa shape index (κ3) is 5.88. The van der Waals surface area contributed by atoms with Gasteiger partial charge in [-0.2, -0.15) is 4.98 Å². The first-order chi connectivity index (χ1) is 15.7. The van der Waals surface area contributed by atoms with Gasteiger partial charge in [-0.15, -0.1) is 0 Å². The highest BCUT2D eigenvalue weighted by Crippen LogP contribution is 2.26. The fourth-order valence-corrected chi connectivity index (χ4v) is 3.91. The summed E-state index contributed by atoms with van der Waals surface area (Å²) in [6, 6.07) is 8.06. The zero-order valence-corrected chi connectivity index (χ0v) is 18.2. The summed E-state index contributed by atoms with van der Waals surface area (Å²) >= 11 is 0. The molecule has 0 aliphatic carbocycles. The first-order valence-corrected chi connectivity index (χ1v) is 10.9. The second kappa shape index (κ2) is 10.8. The maximum absolute atomic E-state index is 12.3. The normalized spacial score (nSPS) is 18.5. The van der Waals surface area contributed by atoms with Gasteiger partial charge in [0.15, 0.2) is 0 Å². The molecular weight excluding hydrogens is 408 g/mol. The molecule has 1 atom stereocenters. The van der Waals surface area contributed by atoms with E-state index in [0.29, 0.717) is 36.9 Å². The van der Waals surface area contributed by atoms with Crippen molar-refractivity contribution in [2.75, 3.05) is 26.7 Å². The number of hydrogen-bond donors (Lipinski definition) is 1. The Labute approximate surface area is 187 Å². The summed E-state index contributed by atoms with van der Waals surface area (Å²) < 4.78 is 10.9. The molecule has 1 unspecified atom stereocenters. The zero-order chi connectivity index (χ0) is 22.2. The van der Waals surface area contributed by atoms with Crippen molar-refractivity contribution in [3.8, 4) is 17.3 Å². The maximum Gasteiger partial charge on any atom is 0.230 e. The van der Waals surface area contributed by atoms with Crippen molar-refractivity contribution in [3.05, 3.63) is 54.3 Å². The Morgan fingerprint density at radius 1 is 1.25 bits per heavy atom. The van der Waals surface area contributed by atoms with Crippen LogP contribution in [0.25, 0.3) is 11.5 Å². The highest BCUT2D eigenvalue weighted by Gasteiger charge is 2.22. The van der Waals surface area contributed by atoms with E-state index in [1.165, 1.54) is 5.56 Å². The van der Waals surface area contributed by atoms with Gasteiger partial charge in [-0.1, -0.05) is 17.3 Å². The predicted octanol–water partition coefficient (Wildman–Crippen LogP) is 2.81. The van der Waals surface area contributed by atoms with Crippen molar-refractivity contribution < 1.29 is 14.1 Å². The van der Waals surface area contributed by atoms with Gasteiger partial charge in [0.25, 0.3) is 0 Å². The molecule has 1 amide bonds. The molecule has 0 saturated carbocycles. The Kier molecular flexibility index (Phi) is 7.39. The van der Waals surface area contributed by atoms with Gasteiger partial charge >= 0.3 is 0 Å². The molecule has 2 aromatic heterocycles. The van der Waals surface area contributed by atoms with Gasteiger partial charge in [0.1, 0.15) is 11.4 Å². The van der Waals surface area contributed by atoms with E-state index in [1.807, 2.05) is 18.2 Å². The second-order valence-corrected chi connectivity index (χ2v) is 7.90. The number of amides is 1. The fourth-order valence-electron chi connectivity index (χ4n) is 3.91. The topological polar surface area (TPSA) is 106 Å². The van der Waals surface area contributed by atoms with Gasteiger partial charge < -0.3 is 14.6 Å². The Balaban J connectivity index is 1.43. The van der Waals surface area contributed by atoms with Crippen LogP contribution < -0.4 is 10.1 Å². The van der Waals surface area contributed by atoms with Crippen molar-refractivity contribution in [2.24, 2.45) is 0 Å². The standard InChI is InChI=1S/C23H28N6O3/c1-31-19-6-2-4-17(14-19)16-29-12-3-5-18(7-9-26-21(30)8-13-29)23-27-22(28-32-23)20-15-24-10-11-25-20/h2,4,6,10-11,14-15,18H,3,5,7-9,12-13,16H2,1H3,(H,26,30). The molecule has 9 nitrogen and oxygen atoms in total. The van der Waals surface area contributed by atoms with E-state index in [9.17, 15) is 4.79 Å². The smallest absolute Gasteiger partial charge is 0.230 e. The molecule has 3 aromatic rings. The predicted molar refractivity (Wildman–Crippen MR) is 118 cm³/mol. The number of rotatable bonds is 5. The van der Waals surface area contributed by atoms with E-state index < -0.39 is 0 Å². The number of nitrogens with zero attached hydrogens (tertiary/aromatic N) is 5. The Hall–Kier alpha value is -3.33. The molecule has 1 fully saturated rings. The van der Waals surface area contributed by atoms with Crippen molar-refractivity contribution in [1.29, 1.82) is 0 Å². The first-order valence-electron chi connectivity index (χ1n) is 10.9. The van der Waals surface area contributed by atoms with Crippen LogP contribution in [0.2, 0.25) is 0 Å². The van der Waals surface area contributed by atoms with Crippen LogP contribution in [0.1, 0.15) is 43.1 Å². The molecule has 1 aliphatic heterocycles. The largest absolute Gasteiger partial charge is 0.497 e. The lowest BCUT2D eigenvalue weighted by atomic mass is 9.99. The molecular formula is C23H28N6O3. The van der Waals surface area contributed by atoms with Gasteiger partial charge in [-0.25, -0.2) is 4.98 Å². The van der Waals surface area contributed by atoms with Gasteiger partial charge in [0.2, 0.25) is 17.6 Å². The summed E-state index contributed by atoms with van der Waals surface area (Å²) in [7, 11) is 1.67. The molecule has 0 bridgehead atoms. The summed E-state index contributed by atoms with van der Waals surface area (Å²) in [5.41, 5.74) is 1.75. The van der Waals surface area contributed by atoms with Crippen LogP contribution in [-0.2, 0) is 11.3 Å². The van der Waals surface area contributed by atoms with E-state index in [-0.39, 0.29) is 11.8 Å². The number of benzene rings is 1. The Morgan fingerprint density at radius 3 is 3.03 bits per heavy atom. The minimum Gasteiger partial charge on any atom is -0.497 e. The van der Waals surface area contributed by atoms with Gasteiger partial charge in [0, 0.05) is 44.4 Å². The summed E-state index contributed by atoms with van der Waals surface area (Å²) in [4.78, 5) is 27.5. The van der Waals surface area contributed by atoms with Crippen molar-refractivity contribution >= 4 is 5.91 Å². The van der Waals surface area contributed by atoms with Crippen LogP contribution in [0.4, 0.5) is 0 Å². The molecule has 32 heavy (non-hydrogen) atoms. The quantitative estimate of drug-likeness (QED) is 0.651. The highest BCUT2D eigenvalue weighted by atomic mass is 16.5. The maximum atomic E-state index is 12.3. The number of carbonyl (C=O) groups is 1. The van der Waals surface area contributed by atoms with E-state index in [0.717, 1.165) is 38.1 Å². The number of nitrogens with one attached hydrogen (secondary N) is 1. The summed E-state index contributed by atoms with van der Waals surface area (Å²) in [5, 5.41) is 7.10.